The Morgan fingerprint density at radius 2 is 1.60 bits per heavy atom. The molecule has 0 fully saturated rings. The van der Waals surface area contributed by atoms with Crippen molar-refractivity contribution in [3.63, 3.8) is 0 Å². The lowest BCUT2D eigenvalue weighted by molar-refractivity contribution is 0.590. The summed E-state index contributed by atoms with van der Waals surface area (Å²) in [5.41, 5.74) is 4.21. The quantitative estimate of drug-likeness (QED) is 0.617. The molecule has 0 aliphatic carbocycles. The lowest BCUT2D eigenvalue weighted by Gasteiger charge is -2.20. The van der Waals surface area contributed by atoms with E-state index < -0.39 is 0 Å². The van der Waals surface area contributed by atoms with Crippen LogP contribution in [0.1, 0.15) is 48.4 Å². The van der Waals surface area contributed by atoms with Gasteiger partial charge in [-0.1, -0.05) is 51.1 Å². The van der Waals surface area contributed by atoms with Crippen LogP contribution in [0.5, 0.6) is 0 Å². The molecule has 0 aromatic heterocycles. The fourth-order valence-electron chi connectivity index (χ4n) is 2.22. The van der Waals surface area contributed by atoms with E-state index in [1.54, 1.807) is 6.07 Å². The van der Waals surface area contributed by atoms with Gasteiger partial charge < -0.3 is 0 Å². The number of rotatable bonds is 2. The lowest BCUT2D eigenvalue weighted by Crippen LogP contribution is -2.10. The summed E-state index contributed by atoms with van der Waals surface area (Å²) in [4.78, 5) is 0. The van der Waals surface area contributed by atoms with E-state index in [2.05, 4.69) is 32.9 Å². The van der Waals surface area contributed by atoms with E-state index in [4.69, 9.17) is 11.6 Å². The van der Waals surface area contributed by atoms with Crippen molar-refractivity contribution in [1.82, 2.24) is 0 Å². The summed E-state index contributed by atoms with van der Waals surface area (Å²) in [5, 5.41) is -0.320. The average molecular weight is 291 g/mol. The Kier molecular flexibility index (Phi) is 4.19. The number of benzene rings is 2. The molecule has 1 atom stereocenters. The number of halogens is 2. The van der Waals surface area contributed by atoms with Gasteiger partial charge in [0, 0.05) is 0 Å². The van der Waals surface area contributed by atoms with Gasteiger partial charge in [0.15, 0.2) is 0 Å². The number of hydrogen-bond acceptors (Lipinski definition) is 0. The minimum absolute atomic E-state index is 0.120. The van der Waals surface area contributed by atoms with Gasteiger partial charge in [0.1, 0.15) is 5.82 Å². The highest BCUT2D eigenvalue weighted by Gasteiger charge is 2.17. The van der Waals surface area contributed by atoms with Crippen LogP contribution in [0.15, 0.2) is 42.5 Å². The Bertz CT molecular complexity index is 594. The first-order valence-electron chi connectivity index (χ1n) is 6.79. The topological polar surface area (TPSA) is 0 Å². The lowest BCUT2D eigenvalue weighted by atomic mass is 9.86. The molecule has 1 unspecified atom stereocenters. The molecule has 0 amide bonds. The molecule has 0 saturated heterocycles. The van der Waals surface area contributed by atoms with Crippen molar-refractivity contribution >= 4 is 11.6 Å². The summed E-state index contributed by atoms with van der Waals surface area (Å²) in [6.45, 7) is 8.48. The molecule has 0 aliphatic heterocycles. The molecule has 2 aromatic carbocycles. The van der Waals surface area contributed by atoms with E-state index in [0.717, 1.165) is 16.7 Å². The molecule has 0 nitrogen and oxygen atoms in total. The van der Waals surface area contributed by atoms with E-state index in [-0.39, 0.29) is 16.6 Å². The highest BCUT2D eigenvalue weighted by atomic mass is 35.5. The summed E-state index contributed by atoms with van der Waals surface area (Å²) >= 11 is 6.51. The molecule has 106 valence electrons. The van der Waals surface area contributed by atoms with Crippen LogP contribution in [0.4, 0.5) is 4.39 Å². The number of hydrogen-bond donors (Lipinski definition) is 0. The molecule has 0 saturated carbocycles. The fraction of sp³-hybridized carbons (Fsp3) is 0.333. The minimum Gasteiger partial charge on any atom is -0.207 e. The maximum absolute atomic E-state index is 13.4. The van der Waals surface area contributed by atoms with Gasteiger partial charge in [-0.25, -0.2) is 4.39 Å². The normalized spacial score (nSPS) is 13.3. The van der Waals surface area contributed by atoms with Gasteiger partial charge in [-0.15, -0.1) is 11.6 Å². The maximum atomic E-state index is 13.4. The zero-order valence-electron chi connectivity index (χ0n) is 12.4. The van der Waals surface area contributed by atoms with Gasteiger partial charge in [0.25, 0.3) is 0 Å². The van der Waals surface area contributed by atoms with Crippen molar-refractivity contribution in [3.05, 3.63) is 70.5 Å². The predicted octanol–water partition coefficient (Wildman–Crippen LogP) is 5.76. The van der Waals surface area contributed by atoms with Crippen molar-refractivity contribution in [2.24, 2.45) is 0 Å². The van der Waals surface area contributed by atoms with Crippen LogP contribution in [-0.2, 0) is 5.41 Å². The van der Waals surface area contributed by atoms with Crippen LogP contribution in [0.2, 0.25) is 0 Å². The van der Waals surface area contributed by atoms with E-state index in [1.165, 1.54) is 17.7 Å². The molecule has 2 rings (SSSR count). The van der Waals surface area contributed by atoms with Crippen molar-refractivity contribution in [3.8, 4) is 0 Å². The highest BCUT2D eigenvalue weighted by molar-refractivity contribution is 6.22. The molecule has 0 N–H and O–H groups in total. The Morgan fingerprint density at radius 3 is 2.15 bits per heavy atom. The van der Waals surface area contributed by atoms with Crippen molar-refractivity contribution in [1.29, 1.82) is 0 Å². The molecule has 0 radical (unpaired) electrons. The second-order valence-electron chi connectivity index (χ2n) is 6.24. The second kappa shape index (κ2) is 5.57. The molecule has 2 aromatic rings. The molecular weight excluding hydrogens is 271 g/mol. The fourth-order valence-corrected chi connectivity index (χ4v) is 2.60. The largest absolute Gasteiger partial charge is 0.207 e. The Balaban J connectivity index is 2.34. The smallest absolute Gasteiger partial charge is 0.123 e. The third-order valence-electron chi connectivity index (χ3n) is 3.58. The average Bonchev–Trinajstić information content (AvgIpc) is 2.40. The van der Waals surface area contributed by atoms with Crippen LogP contribution in [0.25, 0.3) is 0 Å². The number of alkyl halides is 1. The zero-order chi connectivity index (χ0) is 14.9. The number of aryl methyl sites for hydroxylation is 1. The molecule has 0 heterocycles. The molecule has 0 spiro atoms. The summed E-state index contributed by atoms with van der Waals surface area (Å²) < 4.78 is 13.4. The van der Waals surface area contributed by atoms with Crippen LogP contribution < -0.4 is 0 Å². The third kappa shape index (κ3) is 3.21. The first kappa shape index (κ1) is 15.1. The molecule has 20 heavy (non-hydrogen) atoms. The Hall–Kier alpha value is -1.34. The monoisotopic (exact) mass is 290 g/mol. The van der Waals surface area contributed by atoms with E-state index in [0.29, 0.717) is 0 Å². The predicted molar refractivity (Wildman–Crippen MR) is 84.0 cm³/mol. The third-order valence-corrected chi connectivity index (χ3v) is 4.07. The van der Waals surface area contributed by atoms with Crippen molar-refractivity contribution in [2.75, 3.05) is 0 Å². The summed E-state index contributed by atoms with van der Waals surface area (Å²) in [6.07, 6.45) is 0. The molecule has 0 bridgehead atoms. The standard InChI is InChI=1S/C18H20ClF/c1-12-5-10-15(20)11-16(12)17(19)13-6-8-14(9-7-13)18(2,3)4/h5-11,17H,1-4H3. The molecule has 0 aliphatic rings. The summed E-state index contributed by atoms with van der Waals surface area (Å²) in [6, 6.07) is 13.0. The first-order chi connectivity index (χ1) is 9.29. The molecule has 2 heteroatoms. The van der Waals surface area contributed by atoms with Crippen molar-refractivity contribution in [2.45, 2.75) is 38.5 Å². The van der Waals surface area contributed by atoms with E-state index in [9.17, 15) is 4.39 Å². The van der Waals surface area contributed by atoms with Crippen LogP contribution >= 0.6 is 11.6 Å². The maximum Gasteiger partial charge on any atom is 0.123 e. The van der Waals surface area contributed by atoms with Gasteiger partial charge in [-0.3, -0.25) is 0 Å². The highest BCUT2D eigenvalue weighted by Crippen LogP contribution is 2.32. The van der Waals surface area contributed by atoms with Gasteiger partial charge in [-0.05, 0) is 46.7 Å². The van der Waals surface area contributed by atoms with Gasteiger partial charge in [-0.2, -0.15) is 0 Å². The SMILES string of the molecule is Cc1ccc(F)cc1C(Cl)c1ccc(C(C)(C)C)cc1. The van der Waals surface area contributed by atoms with Crippen LogP contribution in [0.3, 0.4) is 0 Å². The first-order valence-corrected chi connectivity index (χ1v) is 7.23. The van der Waals surface area contributed by atoms with Gasteiger partial charge >= 0.3 is 0 Å². The second-order valence-corrected chi connectivity index (χ2v) is 6.67. The van der Waals surface area contributed by atoms with Gasteiger partial charge in [0.05, 0.1) is 5.38 Å². The van der Waals surface area contributed by atoms with Crippen LogP contribution in [0, 0.1) is 12.7 Å². The van der Waals surface area contributed by atoms with E-state index in [1.807, 2.05) is 19.1 Å². The minimum atomic E-state index is -0.320. The van der Waals surface area contributed by atoms with E-state index >= 15 is 0 Å². The van der Waals surface area contributed by atoms with Gasteiger partial charge in [0.2, 0.25) is 0 Å². The zero-order valence-corrected chi connectivity index (χ0v) is 13.1. The summed E-state index contributed by atoms with van der Waals surface area (Å²) in [5.74, 6) is -0.248. The Labute approximate surface area is 125 Å². The molecular formula is C18H20ClF. The Morgan fingerprint density at radius 1 is 1.00 bits per heavy atom. The summed E-state index contributed by atoms with van der Waals surface area (Å²) in [7, 11) is 0. The van der Waals surface area contributed by atoms with Crippen molar-refractivity contribution < 1.29 is 4.39 Å². The van der Waals surface area contributed by atoms with Crippen LogP contribution in [-0.4, -0.2) is 0 Å².